The molecule has 0 aliphatic carbocycles. The van der Waals surface area contributed by atoms with E-state index < -0.39 is 0 Å². The normalized spacial score (nSPS) is 11.3. The second kappa shape index (κ2) is 6.32. The highest BCUT2D eigenvalue weighted by Crippen LogP contribution is 2.22. The number of aromatic nitrogens is 4. The lowest BCUT2D eigenvalue weighted by molar-refractivity contribution is 0.696. The van der Waals surface area contributed by atoms with Gasteiger partial charge in [-0.2, -0.15) is 0 Å². The first kappa shape index (κ1) is 16.6. The van der Waals surface area contributed by atoms with Crippen molar-refractivity contribution in [3.8, 4) is 0 Å². The molecule has 0 atom stereocenters. The van der Waals surface area contributed by atoms with Crippen LogP contribution < -0.4 is 11.2 Å². The highest BCUT2D eigenvalue weighted by atomic mass is 32.2. The van der Waals surface area contributed by atoms with Gasteiger partial charge in [0.2, 0.25) is 0 Å². The number of imidazole rings is 1. The Labute approximate surface area is 143 Å². The van der Waals surface area contributed by atoms with Crippen LogP contribution in [0.4, 0.5) is 0 Å². The summed E-state index contributed by atoms with van der Waals surface area (Å²) in [5.74, 6) is 0.839. The number of benzene rings is 1. The van der Waals surface area contributed by atoms with Crippen LogP contribution in [0.15, 0.2) is 39.0 Å². The third-order valence-corrected chi connectivity index (χ3v) is 4.87. The zero-order valence-corrected chi connectivity index (χ0v) is 15.1. The fourth-order valence-corrected chi connectivity index (χ4v) is 3.53. The number of aryl methyl sites for hydroxylation is 2. The first-order valence-electron chi connectivity index (χ1n) is 7.78. The lowest BCUT2D eigenvalue weighted by Crippen LogP contribution is -2.37. The lowest BCUT2D eigenvalue weighted by atomic mass is 10.1. The van der Waals surface area contributed by atoms with Crippen LogP contribution in [0.3, 0.4) is 0 Å². The van der Waals surface area contributed by atoms with Gasteiger partial charge in [-0.25, -0.2) is 9.78 Å². The van der Waals surface area contributed by atoms with Crippen LogP contribution in [0.2, 0.25) is 0 Å². The molecule has 0 radical (unpaired) electrons. The Kier molecular flexibility index (Phi) is 4.36. The number of fused-ring (bicyclic) bond motifs is 1. The fraction of sp³-hybridized carbons (Fsp3) is 0.353. The van der Waals surface area contributed by atoms with Crippen molar-refractivity contribution in [3.05, 3.63) is 56.2 Å². The second-order valence-corrected chi connectivity index (χ2v) is 7.01. The Morgan fingerprint density at radius 1 is 1.17 bits per heavy atom. The van der Waals surface area contributed by atoms with Gasteiger partial charge in [-0.05, 0) is 18.2 Å². The molecule has 126 valence electrons. The molecule has 24 heavy (non-hydrogen) atoms. The highest BCUT2D eigenvalue weighted by Gasteiger charge is 2.19. The van der Waals surface area contributed by atoms with Crippen molar-refractivity contribution in [1.82, 2.24) is 18.7 Å². The van der Waals surface area contributed by atoms with Crippen LogP contribution in [-0.4, -0.2) is 24.4 Å². The van der Waals surface area contributed by atoms with Crippen molar-refractivity contribution < 1.29 is 0 Å². The van der Waals surface area contributed by atoms with Crippen LogP contribution in [0.1, 0.15) is 18.1 Å². The van der Waals surface area contributed by atoms with Crippen molar-refractivity contribution in [1.29, 1.82) is 0 Å². The first-order valence-corrected chi connectivity index (χ1v) is 8.77. The van der Waals surface area contributed by atoms with Crippen molar-refractivity contribution in [2.45, 2.75) is 25.5 Å². The molecule has 0 aliphatic heterocycles. The van der Waals surface area contributed by atoms with E-state index in [2.05, 4.69) is 11.1 Å². The summed E-state index contributed by atoms with van der Waals surface area (Å²) in [4.78, 5) is 29.4. The molecule has 7 heteroatoms. The van der Waals surface area contributed by atoms with E-state index in [1.807, 2.05) is 36.6 Å². The van der Waals surface area contributed by atoms with Gasteiger partial charge in [0, 0.05) is 14.1 Å². The van der Waals surface area contributed by atoms with Crippen molar-refractivity contribution in [2.75, 3.05) is 5.75 Å². The van der Waals surface area contributed by atoms with E-state index in [9.17, 15) is 9.59 Å². The summed E-state index contributed by atoms with van der Waals surface area (Å²) in [7, 11) is 3.15. The predicted octanol–water partition coefficient (Wildman–Crippen LogP) is 1.90. The Bertz CT molecular complexity index is 1030. The monoisotopic (exact) mass is 344 g/mol. The largest absolute Gasteiger partial charge is 0.332 e. The molecule has 0 saturated carbocycles. The predicted molar refractivity (Wildman–Crippen MR) is 96.9 cm³/mol. The number of nitrogens with zero attached hydrogens (tertiary/aromatic N) is 4. The second-order valence-electron chi connectivity index (χ2n) is 5.78. The van der Waals surface area contributed by atoms with Gasteiger partial charge in [0.05, 0.1) is 6.54 Å². The zero-order valence-electron chi connectivity index (χ0n) is 14.2. The summed E-state index contributed by atoms with van der Waals surface area (Å²) in [6.45, 7) is 4.63. The minimum atomic E-state index is -0.360. The minimum Gasteiger partial charge on any atom is -0.309 e. The molecule has 0 amide bonds. The van der Waals surface area contributed by atoms with E-state index >= 15 is 0 Å². The van der Waals surface area contributed by atoms with E-state index in [1.165, 1.54) is 17.2 Å². The van der Waals surface area contributed by atoms with Gasteiger partial charge in [-0.1, -0.05) is 48.5 Å². The molecule has 0 unspecified atom stereocenters. The van der Waals surface area contributed by atoms with Gasteiger partial charge in [0.1, 0.15) is 0 Å². The topological polar surface area (TPSA) is 61.8 Å². The molecule has 0 N–H and O–H groups in total. The standard InChI is InChI=1S/C17H20N4O2S/c1-5-24-16-18-14-13(15(22)20(4)17(23)19(14)3)21(16)10-12-8-6-7-11(2)9-12/h6-9H,5,10H2,1-4H3. The van der Waals surface area contributed by atoms with Crippen LogP contribution >= 0.6 is 11.8 Å². The molecular weight excluding hydrogens is 324 g/mol. The molecule has 0 saturated heterocycles. The van der Waals surface area contributed by atoms with Gasteiger partial charge >= 0.3 is 5.69 Å². The fourth-order valence-electron chi connectivity index (χ4n) is 2.81. The summed E-state index contributed by atoms with van der Waals surface area (Å²) in [5.41, 5.74) is 2.51. The molecule has 6 nitrogen and oxygen atoms in total. The number of hydrogen-bond acceptors (Lipinski definition) is 4. The van der Waals surface area contributed by atoms with Crippen LogP contribution in [0.25, 0.3) is 11.2 Å². The Morgan fingerprint density at radius 2 is 1.92 bits per heavy atom. The third kappa shape index (κ3) is 2.69. The van der Waals surface area contributed by atoms with E-state index in [-0.39, 0.29) is 11.2 Å². The first-order chi connectivity index (χ1) is 11.4. The summed E-state index contributed by atoms with van der Waals surface area (Å²) in [5, 5.41) is 0.757. The average Bonchev–Trinajstić information content (AvgIpc) is 2.90. The molecule has 0 spiro atoms. The van der Waals surface area contributed by atoms with Crippen molar-refractivity contribution in [3.63, 3.8) is 0 Å². The van der Waals surface area contributed by atoms with Gasteiger partial charge in [0.15, 0.2) is 16.3 Å². The number of rotatable bonds is 4. The Hall–Kier alpha value is -2.28. The minimum absolute atomic E-state index is 0.309. The highest BCUT2D eigenvalue weighted by molar-refractivity contribution is 7.99. The van der Waals surface area contributed by atoms with E-state index in [0.717, 1.165) is 21.0 Å². The summed E-state index contributed by atoms with van der Waals surface area (Å²) < 4.78 is 4.49. The van der Waals surface area contributed by atoms with E-state index in [4.69, 9.17) is 0 Å². The molecule has 0 fully saturated rings. The SMILES string of the molecule is CCSc1nc2c(c(=O)n(C)c(=O)n2C)n1Cc1cccc(C)c1. The maximum Gasteiger partial charge on any atom is 0.332 e. The van der Waals surface area contributed by atoms with Gasteiger partial charge in [-0.15, -0.1) is 0 Å². The summed E-state index contributed by atoms with van der Waals surface area (Å²) in [6, 6.07) is 8.18. The van der Waals surface area contributed by atoms with Gasteiger partial charge in [0.25, 0.3) is 5.56 Å². The molecule has 2 heterocycles. The lowest BCUT2D eigenvalue weighted by Gasteiger charge is -2.09. The molecule has 3 aromatic rings. The Morgan fingerprint density at radius 3 is 2.58 bits per heavy atom. The van der Waals surface area contributed by atoms with Crippen LogP contribution in [0.5, 0.6) is 0 Å². The zero-order chi connectivity index (χ0) is 17.4. The van der Waals surface area contributed by atoms with E-state index in [1.54, 1.807) is 18.8 Å². The van der Waals surface area contributed by atoms with Gasteiger partial charge < -0.3 is 4.57 Å². The average molecular weight is 344 g/mol. The molecular formula is C17H20N4O2S. The van der Waals surface area contributed by atoms with E-state index in [0.29, 0.717) is 17.7 Å². The summed E-state index contributed by atoms with van der Waals surface area (Å²) >= 11 is 1.57. The van der Waals surface area contributed by atoms with Crippen molar-refractivity contribution >= 4 is 22.9 Å². The molecule has 2 aromatic heterocycles. The van der Waals surface area contributed by atoms with Gasteiger partial charge in [-0.3, -0.25) is 13.9 Å². The smallest absolute Gasteiger partial charge is 0.309 e. The van der Waals surface area contributed by atoms with Crippen LogP contribution in [0, 0.1) is 6.92 Å². The molecule has 0 aliphatic rings. The maximum atomic E-state index is 12.7. The number of thioether (sulfide) groups is 1. The maximum absolute atomic E-state index is 12.7. The number of hydrogen-bond donors (Lipinski definition) is 0. The molecule has 0 bridgehead atoms. The quantitative estimate of drug-likeness (QED) is 0.678. The van der Waals surface area contributed by atoms with Crippen molar-refractivity contribution in [2.24, 2.45) is 14.1 Å². The third-order valence-electron chi connectivity index (χ3n) is 4.01. The molecule has 1 aromatic carbocycles. The Balaban J connectivity index is 2.30. The molecule has 3 rings (SSSR count). The van der Waals surface area contributed by atoms with Crippen LogP contribution in [-0.2, 0) is 20.6 Å². The summed E-state index contributed by atoms with van der Waals surface area (Å²) in [6.07, 6.45) is 0.